The molecular weight excluding hydrogens is 358 g/mol. The molecule has 0 bridgehead atoms. The molecule has 0 spiro atoms. The summed E-state index contributed by atoms with van der Waals surface area (Å²) in [5, 5.41) is 6.07. The third-order valence-electron chi connectivity index (χ3n) is 4.62. The lowest BCUT2D eigenvalue weighted by molar-refractivity contribution is 0.0975. The summed E-state index contributed by atoms with van der Waals surface area (Å²) in [5.74, 6) is 1.33. The van der Waals surface area contributed by atoms with Crippen molar-refractivity contribution in [3.05, 3.63) is 53.6 Å². The topological polar surface area (TPSA) is 81.2 Å². The van der Waals surface area contributed by atoms with Crippen molar-refractivity contribution in [3.8, 4) is 11.5 Å². The summed E-state index contributed by atoms with van der Waals surface area (Å²) in [4.78, 5) is 17.3. The first-order valence-electron chi connectivity index (χ1n) is 9.38. The van der Waals surface area contributed by atoms with Gasteiger partial charge in [0.15, 0.2) is 11.5 Å². The normalized spacial score (nSPS) is 18.2. The van der Waals surface area contributed by atoms with Gasteiger partial charge in [0.1, 0.15) is 0 Å². The smallest absolute Gasteiger partial charge is 0.258 e. The summed E-state index contributed by atoms with van der Waals surface area (Å²) in [6, 6.07) is 13.0. The van der Waals surface area contributed by atoms with Crippen LogP contribution in [0.3, 0.4) is 0 Å². The molecule has 2 aliphatic rings. The van der Waals surface area contributed by atoms with E-state index in [2.05, 4.69) is 15.6 Å². The summed E-state index contributed by atoms with van der Waals surface area (Å²) in [5.41, 5.74) is 2.45. The third-order valence-corrected chi connectivity index (χ3v) is 4.62. The fourth-order valence-electron chi connectivity index (χ4n) is 3.17. The Bertz CT molecular complexity index is 891. The van der Waals surface area contributed by atoms with E-state index in [9.17, 15) is 4.79 Å². The minimum Gasteiger partial charge on any atom is -0.454 e. The van der Waals surface area contributed by atoms with E-state index in [0.717, 1.165) is 30.7 Å². The molecule has 0 aromatic heterocycles. The zero-order valence-electron chi connectivity index (χ0n) is 15.7. The lowest BCUT2D eigenvalue weighted by Crippen LogP contribution is -2.36. The van der Waals surface area contributed by atoms with Gasteiger partial charge in [0.2, 0.25) is 12.8 Å². The number of benzene rings is 2. The van der Waals surface area contributed by atoms with E-state index in [-0.39, 0.29) is 18.8 Å². The van der Waals surface area contributed by atoms with Crippen molar-refractivity contribution in [2.45, 2.75) is 25.9 Å². The number of aryl methyl sites for hydroxylation is 1. The molecule has 1 unspecified atom stereocenters. The molecule has 2 aromatic rings. The number of carbonyl (C=O) groups is 1. The number of nitrogens with one attached hydrogen (secondary N) is 2. The van der Waals surface area contributed by atoms with Gasteiger partial charge in [-0.2, -0.15) is 0 Å². The predicted molar refractivity (Wildman–Crippen MR) is 106 cm³/mol. The Labute approximate surface area is 163 Å². The second-order valence-electron chi connectivity index (χ2n) is 6.84. The molecule has 7 heteroatoms. The molecule has 7 nitrogen and oxygen atoms in total. The van der Waals surface area contributed by atoms with E-state index in [4.69, 9.17) is 14.2 Å². The van der Waals surface area contributed by atoms with Crippen LogP contribution in [0.2, 0.25) is 0 Å². The number of hydrogen-bond donors (Lipinski definition) is 2. The number of nitrogens with zero attached hydrogens (tertiary/aromatic N) is 1. The summed E-state index contributed by atoms with van der Waals surface area (Å²) in [7, 11) is 0. The standard InChI is InChI=1S/C21H23N3O4/c1-14-4-2-5-16(10-14)23-21(22-12-17-6-3-9-26-17)24-20(25)15-7-8-18-19(11-15)28-13-27-18/h2,4-5,7-8,10-11,17H,3,6,9,12-13H2,1H3,(H2,22,23,24,25). The number of carbonyl (C=O) groups excluding carboxylic acids is 1. The minimum atomic E-state index is -0.274. The van der Waals surface area contributed by atoms with Gasteiger partial charge in [-0.25, -0.2) is 4.99 Å². The van der Waals surface area contributed by atoms with Gasteiger partial charge in [0, 0.05) is 17.9 Å². The molecule has 146 valence electrons. The Morgan fingerprint density at radius 1 is 1.18 bits per heavy atom. The summed E-state index contributed by atoms with van der Waals surface area (Å²) >= 11 is 0. The lowest BCUT2D eigenvalue weighted by Gasteiger charge is -2.14. The highest BCUT2D eigenvalue weighted by Crippen LogP contribution is 2.32. The van der Waals surface area contributed by atoms with E-state index in [1.54, 1.807) is 18.2 Å². The van der Waals surface area contributed by atoms with Crippen molar-refractivity contribution >= 4 is 17.6 Å². The highest BCUT2D eigenvalue weighted by atomic mass is 16.7. The van der Waals surface area contributed by atoms with Crippen LogP contribution < -0.4 is 20.1 Å². The number of anilines is 1. The monoisotopic (exact) mass is 381 g/mol. The Kier molecular flexibility index (Phi) is 5.43. The van der Waals surface area contributed by atoms with E-state index in [0.29, 0.717) is 29.6 Å². The molecule has 2 N–H and O–H groups in total. The van der Waals surface area contributed by atoms with Crippen LogP contribution in [0.25, 0.3) is 0 Å². The van der Waals surface area contributed by atoms with Gasteiger partial charge in [-0.05, 0) is 55.7 Å². The summed E-state index contributed by atoms with van der Waals surface area (Å²) < 4.78 is 16.3. The second-order valence-corrected chi connectivity index (χ2v) is 6.84. The van der Waals surface area contributed by atoms with Crippen molar-refractivity contribution in [2.24, 2.45) is 4.99 Å². The van der Waals surface area contributed by atoms with Crippen molar-refractivity contribution in [1.29, 1.82) is 0 Å². The number of rotatable bonds is 4. The molecule has 2 aromatic carbocycles. The third kappa shape index (κ3) is 4.43. The van der Waals surface area contributed by atoms with Gasteiger partial charge in [0.25, 0.3) is 5.91 Å². The average molecular weight is 381 g/mol. The number of guanidine groups is 1. The predicted octanol–water partition coefficient (Wildman–Crippen LogP) is 3.10. The van der Waals surface area contributed by atoms with Crippen LogP contribution in [0.4, 0.5) is 5.69 Å². The molecule has 4 rings (SSSR count). The molecule has 2 heterocycles. The minimum absolute atomic E-state index is 0.0942. The van der Waals surface area contributed by atoms with Gasteiger partial charge in [-0.1, -0.05) is 12.1 Å². The van der Waals surface area contributed by atoms with Crippen LogP contribution in [0.5, 0.6) is 11.5 Å². The van der Waals surface area contributed by atoms with E-state index < -0.39 is 0 Å². The van der Waals surface area contributed by atoms with Gasteiger partial charge < -0.3 is 19.5 Å². The Morgan fingerprint density at radius 3 is 2.89 bits per heavy atom. The fraction of sp³-hybridized carbons (Fsp3) is 0.333. The van der Waals surface area contributed by atoms with Crippen LogP contribution in [0.1, 0.15) is 28.8 Å². The van der Waals surface area contributed by atoms with Crippen molar-refractivity contribution in [2.75, 3.05) is 25.3 Å². The summed E-state index contributed by atoms with van der Waals surface area (Å²) in [6.45, 7) is 3.45. The summed E-state index contributed by atoms with van der Waals surface area (Å²) in [6.07, 6.45) is 2.12. The van der Waals surface area contributed by atoms with E-state index in [1.165, 1.54) is 0 Å². The maximum atomic E-state index is 12.7. The van der Waals surface area contributed by atoms with Gasteiger partial charge in [0.05, 0.1) is 12.6 Å². The van der Waals surface area contributed by atoms with Crippen molar-refractivity contribution < 1.29 is 19.0 Å². The SMILES string of the molecule is Cc1cccc(NC(=NCC2CCCO2)NC(=O)c2ccc3c(c2)OCO3)c1. The number of ether oxygens (including phenoxy) is 3. The Hall–Kier alpha value is -3.06. The van der Waals surface area contributed by atoms with Gasteiger partial charge in [-0.15, -0.1) is 0 Å². The molecule has 1 atom stereocenters. The van der Waals surface area contributed by atoms with Crippen molar-refractivity contribution in [1.82, 2.24) is 5.32 Å². The molecule has 28 heavy (non-hydrogen) atoms. The van der Waals surface area contributed by atoms with Crippen LogP contribution >= 0.6 is 0 Å². The zero-order chi connectivity index (χ0) is 19.3. The molecule has 1 fully saturated rings. The first kappa shape index (κ1) is 18.3. The highest BCUT2D eigenvalue weighted by molar-refractivity contribution is 6.10. The quantitative estimate of drug-likeness (QED) is 0.628. The molecule has 0 radical (unpaired) electrons. The zero-order valence-corrected chi connectivity index (χ0v) is 15.7. The largest absolute Gasteiger partial charge is 0.454 e. The molecule has 1 saturated heterocycles. The Balaban J connectivity index is 1.50. The first-order valence-corrected chi connectivity index (χ1v) is 9.38. The van der Waals surface area contributed by atoms with Crippen LogP contribution in [-0.4, -0.2) is 37.9 Å². The van der Waals surface area contributed by atoms with Crippen LogP contribution in [0.15, 0.2) is 47.5 Å². The number of hydrogen-bond acceptors (Lipinski definition) is 5. The number of aliphatic imine (C=N–C) groups is 1. The van der Waals surface area contributed by atoms with Crippen molar-refractivity contribution in [3.63, 3.8) is 0 Å². The number of fused-ring (bicyclic) bond motifs is 1. The lowest BCUT2D eigenvalue weighted by atomic mass is 10.2. The molecule has 1 amide bonds. The van der Waals surface area contributed by atoms with E-state index in [1.807, 2.05) is 31.2 Å². The molecular formula is C21H23N3O4. The Morgan fingerprint density at radius 2 is 2.07 bits per heavy atom. The highest BCUT2D eigenvalue weighted by Gasteiger charge is 2.18. The molecule has 2 aliphatic heterocycles. The maximum absolute atomic E-state index is 12.7. The maximum Gasteiger partial charge on any atom is 0.258 e. The second kappa shape index (κ2) is 8.31. The number of amides is 1. The first-order chi connectivity index (χ1) is 13.7. The van der Waals surface area contributed by atoms with Crippen LogP contribution in [-0.2, 0) is 4.74 Å². The fourth-order valence-corrected chi connectivity index (χ4v) is 3.17. The molecule has 0 saturated carbocycles. The van der Waals surface area contributed by atoms with Crippen LogP contribution in [0, 0.1) is 6.92 Å². The van der Waals surface area contributed by atoms with Gasteiger partial charge >= 0.3 is 0 Å². The van der Waals surface area contributed by atoms with Gasteiger partial charge in [-0.3, -0.25) is 10.1 Å². The molecule has 0 aliphatic carbocycles. The van der Waals surface area contributed by atoms with E-state index >= 15 is 0 Å². The average Bonchev–Trinajstić information content (AvgIpc) is 3.37.